The first-order valence-electron chi connectivity index (χ1n) is 10.4. The van der Waals surface area contributed by atoms with E-state index in [1.165, 1.54) is 6.33 Å². The Morgan fingerprint density at radius 3 is 2.93 bits per heavy atom. The van der Waals surface area contributed by atoms with Crippen molar-refractivity contribution in [3.8, 4) is 0 Å². The molecule has 2 fully saturated rings. The van der Waals surface area contributed by atoms with Gasteiger partial charge in [-0.3, -0.25) is 9.48 Å². The van der Waals surface area contributed by atoms with Crippen LogP contribution in [0.2, 0.25) is 0 Å². The van der Waals surface area contributed by atoms with Crippen molar-refractivity contribution in [2.75, 3.05) is 37.7 Å². The van der Waals surface area contributed by atoms with Crippen molar-refractivity contribution in [2.45, 2.75) is 37.8 Å². The number of ether oxygens (including phenoxy) is 1. The maximum absolute atomic E-state index is 12.6. The molecule has 3 aromatic heterocycles. The third-order valence-electron chi connectivity index (χ3n) is 6.04. The lowest BCUT2D eigenvalue weighted by Crippen LogP contribution is -2.57. The van der Waals surface area contributed by atoms with E-state index in [1.807, 2.05) is 11.0 Å². The van der Waals surface area contributed by atoms with Crippen molar-refractivity contribution in [1.29, 1.82) is 0 Å². The van der Waals surface area contributed by atoms with Crippen molar-refractivity contribution in [3.63, 3.8) is 0 Å². The molecular weight excluding hydrogens is 402 g/mol. The average molecular weight is 428 g/mol. The molecule has 2 aliphatic heterocycles. The molecule has 30 heavy (non-hydrogen) atoms. The van der Waals surface area contributed by atoms with Gasteiger partial charge in [0.25, 0.3) is 0 Å². The quantitative estimate of drug-likeness (QED) is 0.615. The van der Waals surface area contributed by atoms with Crippen molar-refractivity contribution in [1.82, 2.24) is 29.6 Å². The molecule has 0 radical (unpaired) electrons. The molecule has 3 aromatic rings. The van der Waals surface area contributed by atoms with Gasteiger partial charge in [-0.25, -0.2) is 15.0 Å². The number of carbonyl (C=O) groups excluding carboxylic acids is 1. The number of likely N-dealkylation sites (tertiary alicyclic amines) is 1. The Kier molecular flexibility index (Phi) is 5.34. The molecule has 158 valence electrons. The number of rotatable bonds is 5. The summed E-state index contributed by atoms with van der Waals surface area (Å²) in [5, 5.41) is 6.14. The van der Waals surface area contributed by atoms with E-state index >= 15 is 0 Å². The van der Waals surface area contributed by atoms with Crippen LogP contribution in [0.25, 0.3) is 10.2 Å². The van der Waals surface area contributed by atoms with Crippen LogP contribution in [0.15, 0.2) is 30.4 Å². The fourth-order valence-electron chi connectivity index (χ4n) is 4.39. The normalized spacial score (nSPS) is 18.9. The second-order valence-electron chi connectivity index (χ2n) is 7.93. The zero-order chi connectivity index (χ0) is 20.4. The van der Waals surface area contributed by atoms with Crippen LogP contribution in [-0.4, -0.2) is 73.9 Å². The largest absolute Gasteiger partial charge is 0.371 e. The number of anilines is 1. The Morgan fingerprint density at radius 1 is 1.20 bits per heavy atom. The van der Waals surface area contributed by atoms with E-state index in [4.69, 9.17) is 4.74 Å². The topological polar surface area (TPSA) is 89.3 Å². The van der Waals surface area contributed by atoms with Crippen LogP contribution in [0.5, 0.6) is 0 Å². The predicted octanol–water partition coefficient (Wildman–Crippen LogP) is 1.96. The average Bonchev–Trinajstić information content (AvgIpc) is 3.46. The number of morpholine rings is 1. The summed E-state index contributed by atoms with van der Waals surface area (Å²) in [5.41, 5.74) is 0.793. The highest BCUT2D eigenvalue weighted by atomic mass is 32.1. The van der Waals surface area contributed by atoms with Gasteiger partial charge >= 0.3 is 0 Å². The monoisotopic (exact) mass is 427 g/mol. The molecule has 0 N–H and O–H groups in total. The first-order valence-corrected chi connectivity index (χ1v) is 11.3. The Balaban J connectivity index is 1.18. The van der Waals surface area contributed by atoms with Crippen molar-refractivity contribution >= 4 is 33.3 Å². The minimum atomic E-state index is -0.204. The van der Waals surface area contributed by atoms with E-state index in [-0.39, 0.29) is 11.5 Å². The first-order chi connectivity index (χ1) is 14.7. The van der Waals surface area contributed by atoms with E-state index in [1.54, 1.807) is 28.7 Å². The molecule has 9 nitrogen and oxygen atoms in total. The van der Waals surface area contributed by atoms with Gasteiger partial charge in [0, 0.05) is 39.1 Å². The summed E-state index contributed by atoms with van der Waals surface area (Å²) < 4.78 is 9.17. The summed E-state index contributed by atoms with van der Waals surface area (Å²) in [6, 6.07) is 2.04. The predicted molar refractivity (Wildman–Crippen MR) is 113 cm³/mol. The third-order valence-corrected chi connectivity index (χ3v) is 6.94. The van der Waals surface area contributed by atoms with Crippen LogP contribution < -0.4 is 4.90 Å². The fraction of sp³-hybridized carbons (Fsp3) is 0.550. The number of aromatic nitrogens is 5. The van der Waals surface area contributed by atoms with E-state index in [0.29, 0.717) is 13.0 Å². The van der Waals surface area contributed by atoms with Crippen molar-refractivity contribution in [3.05, 3.63) is 30.4 Å². The number of thiophene rings is 1. The fourth-order valence-corrected chi connectivity index (χ4v) is 5.25. The highest BCUT2D eigenvalue weighted by molar-refractivity contribution is 7.17. The van der Waals surface area contributed by atoms with Crippen LogP contribution in [0.3, 0.4) is 0 Å². The van der Waals surface area contributed by atoms with Crippen LogP contribution in [0.4, 0.5) is 5.82 Å². The van der Waals surface area contributed by atoms with Gasteiger partial charge in [-0.1, -0.05) is 0 Å². The number of fused-ring (bicyclic) bond motifs is 1. The van der Waals surface area contributed by atoms with E-state index < -0.39 is 0 Å². The molecule has 5 rings (SSSR count). The molecule has 0 bridgehead atoms. The lowest BCUT2D eigenvalue weighted by molar-refractivity contribution is -0.139. The Bertz CT molecular complexity index is 998. The number of hydrogen-bond donors (Lipinski definition) is 0. The number of amides is 1. The minimum absolute atomic E-state index is 0.204. The minimum Gasteiger partial charge on any atom is -0.371 e. The highest BCUT2D eigenvalue weighted by Gasteiger charge is 2.41. The van der Waals surface area contributed by atoms with E-state index in [0.717, 1.165) is 68.0 Å². The van der Waals surface area contributed by atoms with Crippen molar-refractivity contribution in [2.24, 2.45) is 0 Å². The van der Waals surface area contributed by atoms with Gasteiger partial charge in [0.2, 0.25) is 5.91 Å². The van der Waals surface area contributed by atoms with Crippen LogP contribution in [0, 0.1) is 0 Å². The van der Waals surface area contributed by atoms with Gasteiger partial charge in [-0.15, -0.1) is 11.3 Å². The molecule has 10 heteroatoms. The van der Waals surface area contributed by atoms with E-state index in [2.05, 4.69) is 30.3 Å². The second-order valence-corrected chi connectivity index (χ2v) is 8.84. The lowest BCUT2D eigenvalue weighted by atomic mass is 9.89. The molecule has 0 saturated carbocycles. The SMILES string of the molecule is O=C(CCCn1cncn1)N1CCC2(CC1)CN(c1ncnc3ccsc13)CCO2. The highest BCUT2D eigenvalue weighted by Crippen LogP contribution is 2.35. The maximum atomic E-state index is 12.6. The van der Waals surface area contributed by atoms with E-state index in [9.17, 15) is 4.79 Å². The van der Waals surface area contributed by atoms with Gasteiger partial charge < -0.3 is 14.5 Å². The van der Waals surface area contributed by atoms with Gasteiger partial charge in [0.15, 0.2) is 0 Å². The second kappa shape index (κ2) is 8.27. The molecule has 2 aliphatic rings. The van der Waals surface area contributed by atoms with Gasteiger partial charge in [-0.2, -0.15) is 5.10 Å². The molecule has 0 aromatic carbocycles. The number of aryl methyl sites for hydroxylation is 1. The summed E-state index contributed by atoms with van der Waals surface area (Å²) in [4.78, 5) is 29.8. The molecule has 2 saturated heterocycles. The maximum Gasteiger partial charge on any atom is 0.222 e. The standard InChI is InChI=1S/C20H25N7O2S/c28-17(2-1-6-27-15-21-13-24-27)25-7-4-20(5-8-25)12-26(9-10-29-20)19-18-16(3-11-30-18)22-14-23-19/h3,11,13-15H,1-2,4-10,12H2. The van der Waals surface area contributed by atoms with Crippen molar-refractivity contribution < 1.29 is 9.53 Å². The van der Waals surface area contributed by atoms with Gasteiger partial charge in [0.1, 0.15) is 24.8 Å². The molecule has 0 atom stereocenters. The lowest BCUT2D eigenvalue weighted by Gasteiger charge is -2.47. The first kappa shape index (κ1) is 19.4. The Hall–Kier alpha value is -2.59. The summed E-state index contributed by atoms with van der Waals surface area (Å²) in [7, 11) is 0. The van der Waals surface area contributed by atoms with Crippen LogP contribution in [-0.2, 0) is 16.1 Å². The number of piperidine rings is 1. The molecule has 5 heterocycles. The zero-order valence-corrected chi connectivity index (χ0v) is 17.6. The zero-order valence-electron chi connectivity index (χ0n) is 16.8. The molecule has 1 spiro atoms. The van der Waals surface area contributed by atoms with Crippen LogP contribution in [0.1, 0.15) is 25.7 Å². The third kappa shape index (κ3) is 3.89. The molecule has 0 unspecified atom stereocenters. The summed E-state index contributed by atoms with van der Waals surface area (Å²) >= 11 is 1.68. The van der Waals surface area contributed by atoms with Gasteiger partial charge in [0.05, 0.1) is 22.4 Å². The summed E-state index contributed by atoms with van der Waals surface area (Å²) in [5.74, 6) is 1.22. The van der Waals surface area contributed by atoms with Gasteiger partial charge in [-0.05, 0) is 30.7 Å². The summed E-state index contributed by atoms with van der Waals surface area (Å²) in [6.45, 7) is 4.53. The smallest absolute Gasteiger partial charge is 0.222 e. The number of carbonyl (C=O) groups is 1. The molecular formula is C20H25N7O2S. The summed E-state index contributed by atoms with van der Waals surface area (Å²) in [6.07, 6.45) is 7.88. The Labute approximate surface area is 178 Å². The molecule has 0 aliphatic carbocycles. The Morgan fingerprint density at radius 2 is 2.10 bits per heavy atom. The number of nitrogens with zero attached hydrogens (tertiary/aromatic N) is 7. The number of hydrogen-bond acceptors (Lipinski definition) is 8. The molecule has 1 amide bonds. The van der Waals surface area contributed by atoms with Crippen LogP contribution >= 0.6 is 11.3 Å².